The highest BCUT2D eigenvalue weighted by atomic mass is 32.2. The van der Waals surface area contributed by atoms with E-state index >= 15 is 0 Å². The van der Waals surface area contributed by atoms with E-state index in [0.717, 1.165) is 11.3 Å². The molecule has 0 atom stereocenters. The summed E-state index contributed by atoms with van der Waals surface area (Å²) in [7, 11) is -1.96. The fourth-order valence-electron chi connectivity index (χ4n) is 2.56. The summed E-state index contributed by atoms with van der Waals surface area (Å²) in [5, 5.41) is 8.18. The van der Waals surface area contributed by atoms with Crippen molar-refractivity contribution in [2.24, 2.45) is 0 Å². The Balaban J connectivity index is 1.64. The molecule has 3 rings (SSSR count). The van der Waals surface area contributed by atoms with Crippen LogP contribution in [0.4, 0.5) is 0 Å². The largest absolute Gasteiger partial charge is 0.495 e. The van der Waals surface area contributed by atoms with Crippen molar-refractivity contribution < 1.29 is 13.2 Å². The fraction of sp³-hybridized carbons (Fsp3) is 0.278. The van der Waals surface area contributed by atoms with Crippen molar-refractivity contribution in [3.63, 3.8) is 0 Å². The molecule has 0 aliphatic carbocycles. The van der Waals surface area contributed by atoms with Crippen LogP contribution in [0.5, 0.6) is 5.75 Å². The summed E-state index contributed by atoms with van der Waals surface area (Å²) in [6.45, 7) is 2.38. The van der Waals surface area contributed by atoms with Crippen LogP contribution >= 0.6 is 0 Å². The molecule has 0 saturated heterocycles. The van der Waals surface area contributed by atoms with Gasteiger partial charge in [-0.05, 0) is 37.6 Å². The monoisotopic (exact) mass is 372 g/mol. The number of para-hydroxylation sites is 1. The molecule has 0 spiro atoms. The summed E-state index contributed by atoms with van der Waals surface area (Å²) < 4.78 is 31.8. The molecule has 0 N–H and O–H groups in total. The van der Waals surface area contributed by atoms with E-state index < -0.39 is 9.84 Å². The average Bonchev–Trinajstić information content (AvgIpc) is 3.11. The molecular weight excluding hydrogens is 352 g/mol. The third-order valence-electron chi connectivity index (χ3n) is 3.95. The number of pyridine rings is 1. The first-order chi connectivity index (χ1) is 12.5. The van der Waals surface area contributed by atoms with Gasteiger partial charge in [0, 0.05) is 24.0 Å². The maximum Gasteiger partial charge on any atom is 0.182 e. The normalized spacial score (nSPS) is 11.5. The molecule has 0 aliphatic heterocycles. The number of rotatable bonds is 7. The summed E-state index contributed by atoms with van der Waals surface area (Å²) in [4.78, 5) is 4.46. The maximum absolute atomic E-state index is 12.5. The van der Waals surface area contributed by atoms with Gasteiger partial charge in [0.05, 0.1) is 19.1 Å². The molecule has 7 nitrogen and oxygen atoms in total. The van der Waals surface area contributed by atoms with Crippen LogP contribution < -0.4 is 4.74 Å². The van der Waals surface area contributed by atoms with Crippen LogP contribution in [0.15, 0.2) is 53.7 Å². The highest BCUT2D eigenvalue weighted by Gasteiger charge is 2.18. The van der Waals surface area contributed by atoms with Crippen molar-refractivity contribution in [3.05, 3.63) is 54.5 Å². The van der Waals surface area contributed by atoms with E-state index in [-0.39, 0.29) is 10.6 Å². The Morgan fingerprint density at radius 1 is 1.15 bits per heavy atom. The average molecular weight is 372 g/mol. The molecule has 8 heteroatoms. The highest BCUT2D eigenvalue weighted by Crippen LogP contribution is 2.24. The van der Waals surface area contributed by atoms with Crippen molar-refractivity contribution in [2.45, 2.75) is 24.8 Å². The Morgan fingerprint density at radius 3 is 2.69 bits per heavy atom. The molecule has 0 fully saturated rings. The summed E-state index contributed by atoms with van der Waals surface area (Å²) in [5.74, 6) is 0.372. The highest BCUT2D eigenvalue weighted by molar-refractivity contribution is 7.91. The third-order valence-corrected chi connectivity index (χ3v) is 5.78. The van der Waals surface area contributed by atoms with Gasteiger partial charge in [0.1, 0.15) is 16.3 Å². The molecule has 2 aromatic heterocycles. The first kappa shape index (κ1) is 18.1. The van der Waals surface area contributed by atoms with E-state index in [1.165, 1.54) is 7.11 Å². The number of aryl methyl sites for hydroxylation is 2. The molecule has 136 valence electrons. The number of ether oxygens (including phenoxy) is 1. The minimum absolute atomic E-state index is 0.00859. The molecule has 1 aromatic carbocycles. The number of benzene rings is 1. The predicted molar refractivity (Wildman–Crippen MR) is 97.7 cm³/mol. The van der Waals surface area contributed by atoms with Gasteiger partial charge in [-0.3, -0.25) is 9.67 Å². The standard InChI is InChI=1S/C18H20N4O3S/c1-14-8-9-15(12-19-14)16-13-22(21-20-16)10-5-11-26(23,24)18-7-4-3-6-17(18)25-2/h3-4,6-9,12-13H,5,10-11H2,1-2H3. The van der Waals surface area contributed by atoms with Crippen molar-refractivity contribution in [1.82, 2.24) is 20.0 Å². The van der Waals surface area contributed by atoms with E-state index in [9.17, 15) is 8.42 Å². The molecule has 2 heterocycles. The summed E-state index contributed by atoms with van der Waals surface area (Å²) in [5.41, 5.74) is 2.52. The Hall–Kier alpha value is -2.74. The van der Waals surface area contributed by atoms with E-state index in [4.69, 9.17) is 4.74 Å². The van der Waals surface area contributed by atoms with Crippen LogP contribution in [0.25, 0.3) is 11.3 Å². The van der Waals surface area contributed by atoms with Crippen LogP contribution in [0.1, 0.15) is 12.1 Å². The van der Waals surface area contributed by atoms with Crippen molar-refractivity contribution in [1.29, 1.82) is 0 Å². The number of nitrogens with zero attached hydrogens (tertiary/aromatic N) is 4. The van der Waals surface area contributed by atoms with E-state index in [2.05, 4.69) is 15.3 Å². The smallest absolute Gasteiger partial charge is 0.182 e. The SMILES string of the molecule is COc1ccccc1S(=O)(=O)CCCn1cc(-c2ccc(C)nc2)nn1. The predicted octanol–water partition coefficient (Wildman–Crippen LogP) is 2.52. The number of hydrogen-bond donors (Lipinski definition) is 0. The Morgan fingerprint density at radius 2 is 1.96 bits per heavy atom. The number of methoxy groups -OCH3 is 1. The van der Waals surface area contributed by atoms with Gasteiger partial charge in [-0.15, -0.1) is 5.10 Å². The lowest BCUT2D eigenvalue weighted by atomic mass is 10.2. The Kier molecular flexibility index (Phi) is 5.32. The van der Waals surface area contributed by atoms with Gasteiger partial charge in [0.15, 0.2) is 9.84 Å². The summed E-state index contributed by atoms with van der Waals surface area (Å²) in [6.07, 6.45) is 3.97. The molecule has 0 bridgehead atoms. The number of sulfone groups is 1. The van der Waals surface area contributed by atoms with Crippen LogP contribution in [0.2, 0.25) is 0 Å². The lowest BCUT2D eigenvalue weighted by Gasteiger charge is -2.09. The maximum atomic E-state index is 12.5. The zero-order chi connectivity index (χ0) is 18.6. The number of hydrogen-bond acceptors (Lipinski definition) is 6. The topological polar surface area (TPSA) is 87.0 Å². The summed E-state index contributed by atoms with van der Waals surface area (Å²) in [6, 6.07) is 10.5. The van der Waals surface area contributed by atoms with Gasteiger partial charge in [-0.25, -0.2) is 8.42 Å². The van der Waals surface area contributed by atoms with Gasteiger partial charge >= 0.3 is 0 Å². The molecule has 0 amide bonds. The minimum atomic E-state index is -3.42. The Labute approximate surface area is 152 Å². The Bertz CT molecular complexity index is 982. The quantitative estimate of drug-likeness (QED) is 0.633. The first-order valence-corrected chi connectivity index (χ1v) is 9.84. The van der Waals surface area contributed by atoms with E-state index in [1.54, 1.807) is 41.3 Å². The van der Waals surface area contributed by atoms with Gasteiger partial charge in [0.2, 0.25) is 0 Å². The van der Waals surface area contributed by atoms with E-state index in [1.807, 2.05) is 19.1 Å². The second-order valence-electron chi connectivity index (χ2n) is 5.88. The molecular formula is C18H20N4O3S. The van der Waals surface area contributed by atoms with Crippen molar-refractivity contribution in [2.75, 3.05) is 12.9 Å². The third kappa shape index (κ3) is 4.08. The van der Waals surface area contributed by atoms with Gasteiger partial charge in [-0.1, -0.05) is 17.3 Å². The van der Waals surface area contributed by atoms with E-state index in [0.29, 0.717) is 24.4 Å². The fourth-order valence-corrected chi connectivity index (χ4v) is 4.03. The first-order valence-electron chi connectivity index (χ1n) is 8.18. The van der Waals surface area contributed by atoms with Crippen LogP contribution in [0, 0.1) is 6.92 Å². The molecule has 0 saturated carbocycles. The van der Waals surface area contributed by atoms with Crippen LogP contribution in [-0.4, -0.2) is 41.3 Å². The van der Waals surface area contributed by atoms with Crippen molar-refractivity contribution in [3.8, 4) is 17.0 Å². The lowest BCUT2D eigenvalue weighted by Crippen LogP contribution is -2.11. The van der Waals surface area contributed by atoms with Crippen LogP contribution in [-0.2, 0) is 16.4 Å². The number of aromatic nitrogens is 4. The van der Waals surface area contributed by atoms with Gasteiger partial charge in [-0.2, -0.15) is 0 Å². The minimum Gasteiger partial charge on any atom is -0.495 e. The second kappa shape index (κ2) is 7.65. The molecule has 3 aromatic rings. The molecule has 0 unspecified atom stereocenters. The zero-order valence-electron chi connectivity index (χ0n) is 14.7. The molecule has 0 aliphatic rings. The zero-order valence-corrected chi connectivity index (χ0v) is 15.5. The van der Waals surface area contributed by atoms with Gasteiger partial charge in [0.25, 0.3) is 0 Å². The van der Waals surface area contributed by atoms with Gasteiger partial charge < -0.3 is 4.74 Å². The second-order valence-corrected chi connectivity index (χ2v) is 7.96. The molecule has 26 heavy (non-hydrogen) atoms. The van der Waals surface area contributed by atoms with Crippen molar-refractivity contribution >= 4 is 9.84 Å². The van der Waals surface area contributed by atoms with Crippen LogP contribution in [0.3, 0.4) is 0 Å². The molecule has 0 radical (unpaired) electrons. The summed E-state index contributed by atoms with van der Waals surface area (Å²) >= 11 is 0. The lowest BCUT2D eigenvalue weighted by molar-refractivity contribution is 0.402.